The second-order valence-corrected chi connectivity index (χ2v) is 10.0. The third-order valence-corrected chi connectivity index (χ3v) is 9.08. The maximum absolute atomic E-state index is 13.3. The van der Waals surface area contributed by atoms with Crippen LogP contribution in [-0.2, 0) is 4.79 Å². The molecule has 4 saturated carbocycles. The summed E-state index contributed by atoms with van der Waals surface area (Å²) in [4.78, 5) is 12.2. The van der Waals surface area contributed by atoms with Crippen LogP contribution in [0.1, 0.15) is 64.7 Å². The van der Waals surface area contributed by atoms with E-state index in [0.29, 0.717) is 24.2 Å². The standard InChI is InChI=1S/C21H31F3O3/c1-19-8-6-14-13-7-9-20(27,21(22,23)24)10-12(13)2-3-15(14)16(19)4-5-17(19)18(26)11-25/h12-17,25,27H,2-11H2,1H3/t12-,13+,14?,15?,16?,17+,19+,20+/m1/s1. The molecule has 0 bridgehead atoms. The second kappa shape index (κ2) is 6.45. The largest absolute Gasteiger partial charge is 0.417 e. The maximum atomic E-state index is 13.3. The Morgan fingerprint density at radius 3 is 2.37 bits per heavy atom. The minimum atomic E-state index is -4.54. The summed E-state index contributed by atoms with van der Waals surface area (Å²) >= 11 is 0. The van der Waals surface area contributed by atoms with Crippen LogP contribution in [0.4, 0.5) is 13.2 Å². The third-order valence-electron chi connectivity index (χ3n) is 9.08. The average Bonchev–Trinajstić information content (AvgIpc) is 2.97. The molecule has 154 valence electrons. The van der Waals surface area contributed by atoms with Crippen molar-refractivity contribution in [2.24, 2.45) is 40.9 Å². The fourth-order valence-corrected chi connectivity index (χ4v) is 7.77. The number of ketones is 1. The highest BCUT2D eigenvalue weighted by molar-refractivity contribution is 5.83. The van der Waals surface area contributed by atoms with Crippen LogP contribution in [0.5, 0.6) is 0 Å². The van der Waals surface area contributed by atoms with Gasteiger partial charge in [0.2, 0.25) is 0 Å². The fraction of sp³-hybridized carbons (Fsp3) is 0.952. The van der Waals surface area contributed by atoms with Crippen molar-refractivity contribution in [1.82, 2.24) is 0 Å². The summed E-state index contributed by atoms with van der Waals surface area (Å²) in [5, 5.41) is 19.5. The zero-order valence-electron chi connectivity index (χ0n) is 16.0. The molecule has 4 rings (SSSR count). The molecule has 4 fully saturated rings. The van der Waals surface area contributed by atoms with Gasteiger partial charge in [-0.15, -0.1) is 0 Å². The molecule has 27 heavy (non-hydrogen) atoms. The molecule has 0 spiro atoms. The van der Waals surface area contributed by atoms with Gasteiger partial charge in [-0.3, -0.25) is 4.79 Å². The van der Waals surface area contributed by atoms with E-state index in [1.807, 2.05) is 0 Å². The molecule has 0 saturated heterocycles. The number of carbonyl (C=O) groups is 1. The van der Waals surface area contributed by atoms with Crippen molar-refractivity contribution in [3.8, 4) is 0 Å². The number of halogens is 3. The van der Waals surface area contributed by atoms with Crippen LogP contribution in [0, 0.1) is 40.9 Å². The molecule has 0 aromatic carbocycles. The smallest absolute Gasteiger partial charge is 0.389 e. The lowest BCUT2D eigenvalue weighted by atomic mass is 9.49. The van der Waals surface area contributed by atoms with Crippen molar-refractivity contribution in [3.05, 3.63) is 0 Å². The summed E-state index contributed by atoms with van der Waals surface area (Å²) in [7, 11) is 0. The fourth-order valence-electron chi connectivity index (χ4n) is 7.77. The van der Waals surface area contributed by atoms with Crippen LogP contribution in [0.2, 0.25) is 0 Å². The van der Waals surface area contributed by atoms with Crippen LogP contribution in [0.3, 0.4) is 0 Å². The highest BCUT2D eigenvalue weighted by atomic mass is 19.4. The van der Waals surface area contributed by atoms with E-state index < -0.39 is 11.8 Å². The van der Waals surface area contributed by atoms with E-state index in [1.165, 1.54) is 0 Å². The minimum absolute atomic E-state index is 0.0349. The van der Waals surface area contributed by atoms with Gasteiger partial charge in [0.25, 0.3) is 0 Å². The Bertz CT molecular complexity index is 606. The molecule has 0 heterocycles. The van der Waals surface area contributed by atoms with Crippen LogP contribution in [0.25, 0.3) is 0 Å². The number of carbonyl (C=O) groups excluding carboxylic acids is 1. The first-order chi connectivity index (χ1) is 12.6. The Balaban J connectivity index is 1.52. The van der Waals surface area contributed by atoms with Crippen molar-refractivity contribution < 1.29 is 28.2 Å². The van der Waals surface area contributed by atoms with Gasteiger partial charge in [0.1, 0.15) is 6.61 Å². The predicted octanol–water partition coefficient (Wildman–Crippen LogP) is 4.11. The third kappa shape index (κ3) is 2.88. The normalized spacial score (nSPS) is 49.9. The first kappa shape index (κ1) is 19.7. The number of hydrogen-bond donors (Lipinski definition) is 2. The number of alkyl halides is 3. The van der Waals surface area contributed by atoms with E-state index in [9.17, 15) is 28.2 Å². The maximum Gasteiger partial charge on any atom is 0.417 e. The lowest BCUT2D eigenvalue weighted by molar-refractivity contribution is -0.282. The molecule has 2 N–H and O–H groups in total. The lowest BCUT2D eigenvalue weighted by Crippen LogP contribution is -2.55. The summed E-state index contributed by atoms with van der Waals surface area (Å²) in [5.41, 5.74) is -2.56. The average molecular weight is 388 g/mol. The molecule has 3 nitrogen and oxygen atoms in total. The monoisotopic (exact) mass is 388 g/mol. The van der Waals surface area contributed by atoms with E-state index in [1.54, 1.807) is 0 Å². The summed E-state index contributed by atoms with van der Waals surface area (Å²) in [6, 6.07) is 0. The molecule has 4 aliphatic carbocycles. The zero-order valence-corrected chi connectivity index (χ0v) is 16.0. The minimum Gasteiger partial charge on any atom is -0.389 e. The van der Waals surface area contributed by atoms with Gasteiger partial charge in [-0.1, -0.05) is 6.92 Å². The van der Waals surface area contributed by atoms with Crippen molar-refractivity contribution in [3.63, 3.8) is 0 Å². The number of fused-ring (bicyclic) bond motifs is 5. The molecular formula is C21H31F3O3. The van der Waals surface area contributed by atoms with Crippen LogP contribution >= 0.6 is 0 Å². The lowest BCUT2D eigenvalue weighted by Gasteiger charge is -2.57. The first-order valence-corrected chi connectivity index (χ1v) is 10.5. The number of aliphatic hydroxyl groups is 2. The summed E-state index contributed by atoms with van der Waals surface area (Å²) in [5.74, 6) is 1.51. The molecular weight excluding hydrogens is 357 g/mol. The molecule has 4 aliphatic rings. The number of Topliss-reactive ketones (excluding diaryl/α,β-unsaturated/α-hetero) is 1. The Morgan fingerprint density at radius 1 is 1.00 bits per heavy atom. The van der Waals surface area contributed by atoms with Gasteiger partial charge < -0.3 is 10.2 Å². The van der Waals surface area contributed by atoms with Crippen molar-refractivity contribution in [2.45, 2.75) is 76.5 Å². The van der Waals surface area contributed by atoms with Gasteiger partial charge in [0.15, 0.2) is 11.4 Å². The molecule has 0 radical (unpaired) electrons. The highest BCUT2D eigenvalue weighted by Gasteiger charge is 2.62. The Morgan fingerprint density at radius 2 is 1.70 bits per heavy atom. The van der Waals surface area contributed by atoms with Gasteiger partial charge in [-0.05, 0) is 92.8 Å². The van der Waals surface area contributed by atoms with E-state index in [-0.39, 0.29) is 48.4 Å². The van der Waals surface area contributed by atoms with E-state index in [2.05, 4.69) is 6.92 Å². The SMILES string of the molecule is C[C@]12CCC3C(CC[C@@H]4C[C@](O)(C(F)(F)F)CC[C@H]34)C1CC[C@H]2C(=O)CO. The highest BCUT2D eigenvalue weighted by Crippen LogP contribution is 2.65. The topological polar surface area (TPSA) is 57.5 Å². The first-order valence-electron chi connectivity index (χ1n) is 10.5. The van der Waals surface area contributed by atoms with Crippen molar-refractivity contribution in [1.29, 1.82) is 0 Å². The van der Waals surface area contributed by atoms with Crippen LogP contribution in [0.15, 0.2) is 0 Å². The van der Waals surface area contributed by atoms with Gasteiger partial charge >= 0.3 is 6.18 Å². The predicted molar refractivity (Wildman–Crippen MR) is 93.7 cm³/mol. The summed E-state index contributed by atoms with van der Waals surface area (Å²) < 4.78 is 39.9. The molecule has 3 unspecified atom stereocenters. The number of aliphatic hydroxyl groups excluding tert-OH is 1. The summed E-state index contributed by atoms with van der Waals surface area (Å²) in [6.45, 7) is 1.82. The number of rotatable bonds is 2. The van der Waals surface area contributed by atoms with Gasteiger partial charge in [0.05, 0.1) is 0 Å². The molecule has 0 aromatic heterocycles. The molecule has 0 aliphatic heterocycles. The van der Waals surface area contributed by atoms with Crippen LogP contribution in [-0.4, -0.2) is 34.4 Å². The quantitative estimate of drug-likeness (QED) is 0.749. The molecule has 0 amide bonds. The van der Waals surface area contributed by atoms with Gasteiger partial charge in [-0.25, -0.2) is 0 Å². The zero-order chi connectivity index (χ0) is 19.6. The van der Waals surface area contributed by atoms with E-state index >= 15 is 0 Å². The summed E-state index contributed by atoms with van der Waals surface area (Å²) in [6.07, 6.45) is 1.03. The Labute approximate surface area is 158 Å². The van der Waals surface area contributed by atoms with Crippen molar-refractivity contribution >= 4 is 5.78 Å². The number of hydrogen-bond acceptors (Lipinski definition) is 3. The van der Waals surface area contributed by atoms with E-state index in [0.717, 1.165) is 38.5 Å². The molecule has 8 atom stereocenters. The van der Waals surface area contributed by atoms with Crippen molar-refractivity contribution in [2.75, 3.05) is 6.61 Å². The van der Waals surface area contributed by atoms with Gasteiger partial charge in [0, 0.05) is 5.92 Å². The van der Waals surface area contributed by atoms with Crippen LogP contribution < -0.4 is 0 Å². The molecule has 6 heteroatoms. The van der Waals surface area contributed by atoms with Gasteiger partial charge in [-0.2, -0.15) is 13.2 Å². The Hall–Kier alpha value is -0.620. The Kier molecular flexibility index (Phi) is 4.70. The second-order valence-electron chi connectivity index (χ2n) is 10.0. The van der Waals surface area contributed by atoms with E-state index in [4.69, 9.17) is 0 Å². The molecule has 0 aromatic rings.